The number of rotatable bonds is 1. The Balaban J connectivity index is 2.96. The van der Waals surface area contributed by atoms with Crippen molar-refractivity contribution in [2.75, 3.05) is 7.11 Å². The Labute approximate surface area is 81.3 Å². The van der Waals surface area contributed by atoms with Crippen LogP contribution in [0, 0.1) is 17.2 Å². The lowest BCUT2D eigenvalue weighted by Crippen LogP contribution is -2.36. The van der Waals surface area contributed by atoms with E-state index in [9.17, 15) is 9.59 Å². The van der Waals surface area contributed by atoms with Crippen LogP contribution < -0.4 is 5.32 Å². The number of nitriles is 1. The lowest BCUT2D eigenvalue weighted by Gasteiger charge is -2.20. The van der Waals surface area contributed by atoms with Crippen molar-refractivity contribution in [3.8, 4) is 6.07 Å². The minimum Gasteiger partial charge on any atom is -0.466 e. The summed E-state index contributed by atoms with van der Waals surface area (Å²) in [6, 6.07) is 1.83. The van der Waals surface area contributed by atoms with Crippen molar-refractivity contribution in [2.45, 2.75) is 13.3 Å². The highest BCUT2D eigenvalue weighted by atomic mass is 16.5. The molecule has 5 heteroatoms. The minimum absolute atomic E-state index is 0.126. The molecular weight excluding hydrogens is 184 g/mol. The summed E-state index contributed by atoms with van der Waals surface area (Å²) >= 11 is 0. The number of ether oxygens (including phenoxy) is 1. The second kappa shape index (κ2) is 3.92. The highest BCUT2D eigenvalue weighted by Crippen LogP contribution is 2.20. The lowest BCUT2D eigenvalue weighted by atomic mass is 9.95. The summed E-state index contributed by atoms with van der Waals surface area (Å²) in [4.78, 5) is 22.4. The Bertz CT molecular complexity index is 352. The normalized spacial score (nSPS) is 21.2. The summed E-state index contributed by atoms with van der Waals surface area (Å²) in [6.45, 7) is 1.61. The summed E-state index contributed by atoms with van der Waals surface area (Å²) in [6.07, 6.45) is 0.126. The summed E-state index contributed by atoms with van der Waals surface area (Å²) in [5.74, 6) is -1.66. The van der Waals surface area contributed by atoms with Crippen LogP contribution in [0.1, 0.15) is 13.3 Å². The second-order valence-electron chi connectivity index (χ2n) is 2.97. The molecule has 1 heterocycles. The Morgan fingerprint density at radius 3 is 2.86 bits per heavy atom. The maximum absolute atomic E-state index is 11.2. The zero-order valence-corrected chi connectivity index (χ0v) is 7.96. The third-order valence-electron chi connectivity index (χ3n) is 2.08. The molecule has 1 atom stereocenters. The molecule has 14 heavy (non-hydrogen) atoms. The zero-order chi connectivity index (χ0) is 10.7. The van der Waals surface area contributed by atoms with Gasteiger partial charge in [0.05, 0.1) is 18.8 Å². The van der Waals surface area contributed by atoms with Crippen LogP contribution in [0.25, 0.3) is 0 Å². The van der Waals surface area contributed by atoms with Gasteiger partial charge in [-0.2, -0.15) is 5.26 Å². The van der Waals surface area contributed by atoms with Crippen LogP contribution >= 0.6 is 0 Å². The maximum atomic E-state index is 11.2. The van der Waals surface area contributed by atoms with Gasteiger partial charge in [-0.3, -0.25) is 4.79 Å². The number of allylic oxidation sites excluding steroid dienone is 1. The van der Waals surface area contributed by atoms with E-state index in [1.54, 1.807) is 6.92 Å². The monoisotopic (exact) mass is 194 g/mol. The van der Waals surface area contributed by atoms with E-state index in [0.29, 0.717) is 11.3 Å². The molecule has 0 saturated carbocycles. The van der Waals surface area contributed by atoms with Gasteiger partial charge in [0.1, 0.15) is 5.92 Å². The number of esters is 1. The van der Waals surface area contributed by atoms with E-state index in [2.05, 4.69) is 10.1 Å². The Morgan fingerprint density at radius 1 is 1.71 bits per heavy atom. The molecule has 1 aliphatic rings. The van der Waals surface area contributed by atoms with Crippen LogP contribution in [0.2, 0.25) is 0 Å². The van der Waals surface area contributed by atoms with E-state index in [1.165, 1.54) is 7.11 Å². The Kier molecular flexibility index (Phi) is 2.87. The first-order valence-electron chi connectivity index (χ1n) is 4.08. The summed E-state index contributed by atoms with van der Waals surface area (Å²) in [5.41, 5.74) is 0.826. The van der Waals surface area contributed by atoms with E-state index in [1.807, 2.05) is 6.07 Å². The van der Waals surface area contributed by atoms with Crippen LogP contribution in [-0.2, 0) is 14.3 Å². The van der Waals surface area contributed by atoms with Crippen molar-refractivity contribution in [3.05, 3.63) is 11.3 Å². The molecule has 0 radical (unpaired) electrons. The van der Waals surface area contributed by atoms with Gasteiger partial charge in [-0.05, 0) is 6.92 Å². The second-order valence-corrected chi connectivity index (χ2v) is 2.97. The van der Waals surface area contributed by atoms with Gasteiger partial charge in [0.2, 0.25) is 5.91 Å². The number of hydrogen-bond donors (Lipinski definition) is 1. The first kappa shape index (κ1) is 10.3. The summed E-state index contributed by atoms with van der Waals surface area (Å²) in [5, 5.41) is 11.1. The molecule has 1 N–H and O–H groups in total. The van der Waals surface area contributed by atoms with Crippen LogP contribution in [0.3, 0.4) is 0 Å². The fraction of sp³-hybridized carbons (Fsp3) is 0.444. The zero-order valence-electron chi connectivity index (χ0n) is 7.96. The number of nitrogens with one attached hydrogen (secondary N) is 1. The molecule has 1 aliphatic heterocycles. The van der Waals surface area contributed by atoms with Crippen molar-refractivity contribution in [3.63, 3.8) is 0 Å². The molecule has 0 aliphatic carbocycles. The number of carbonyl (C=O) groups is 2. The molecule has 0 aromatic carbocycles. The maximum Gasteiger partial charge on any atom is 0.335 e. The highest BCUT2D eigenvalue weighted by Gasteiger charge is 2.29. The van der Waals surface area contributed by atoms with Crippen LogP contribution in [0.15, 0.2) is 11.3 Å². The Hall–Kier alpha value is -1.83. The van der Waals surface area contributed by atoms with Gasteiger partial charge in [-0.1, -0.05) is 0 Å². The molecule has 5 nitrogen and oxygen atoms in total. The van der Waals surface area contributed by atoms with Crippen LogP contribution in [0.5, 0.6) is 0 Å². The highest BCUT2D eigenvalue weighted by molar-refractivity contribution is 5.94. The first-order valence-corrected chi connectivity index (χ1v) is 4.08. The minimum atomic E-state index is -0.798. The standard InChI is InChI=1S/C9H10N2O3/c1-5-7(9(13)14-2)3-6(4-10)8(12)11-5/h6H,3H2,1-2H3,(H,11,12). The van der Waals surface area contributed by atoms with Crippen molar-refractivity contribution < 1.29 is 14.3 Å². The topological polar surface area (TPSA) is 79.2 Å². The number of amides is 1. The van der Waals surface area contributed by atoms with Gasteiger partial charge >= 0.3 is 5.97 Å². The predicted molar refractivity (Wildman–Crippen MR) is 46.6 cm³/mol. The van der Waals surface area contributed by atoms with Gasteiger partial charge in [0.25, 0.3) is 0 Å². The van der Waals surface area contributed by atoms with E-state index in [4.69, 9.17) is 5.26 Å². The van der Waals surface area contributed by atoms with Gasteiger partial charge in [0.15, 0.2) is 0 Å². The van der Waals surface area contributed by atoms with E-state index >= 15 is 0 Å². The number of hydrogen-bond acceptors (Lipinski definition) is 4. The fourth-order valence-electron chi connectivity index (χ4n) is 1.26. The smallest absolute Gasteiger partial charge is 0.335 e. The average molecular weight is 194 g/mol. The van der Waals surface area contributed by atoms with Crippen LogP contribution in [0.4, 0.5) is 0 Å². The molecule has 1 amide bonds. The molecule has 74 valence electrons. The molecule has 1 unspecified atom stereocenters. The molecule has 0 saturated heterocycles. The molecule has 1 rings (SSSR count). The van der Waals surface area contributed by atoms with E-state index in [0.717, 1.165) is 0 Å². The molecule has 0 spiro atoms. The van der Waals surface area contributed by atoms with Crippen molar-refractivity contribution in [2.24, 2.45) is 5.92 Å². The molecule has 0 bridgehead atoms. The van der Waals surface area contributed by atoms with Crippen molar-refractivity contribution in [1.29, 1.82) is 5.26 Å². The molecule has 0 fully saturated rings. The third-order valence-corrected chi connectivity index (χ3v) is 2.08. The van der Waals surface area contributed by atoms with Gasteiger partial charge in [-0.25, -0.2) is 4.79 Å². The quantitative estimate of drug-likeness (QED) is 0.600. The lowest BCUT2D eigenvalue weighted by molar-refractivity contribution is -0.136. The third kappa shape index (κ3) is 1.74. The summed E-state index contributed by atoms with van der Waals surface area (Å²) < 4.78 is 4.53. The summed E-state index contributed by atoms with van der Waals surface area (Å²) in [7, 11) is 1.26. The van der Waals surface area contributed by atoms with Crippen molar-refractivity contribution in [1.82, 2.24) is 5.32 Å². The van der Waals surface area contributed by atoms with Gasteiger partial charge in [-0.15, -0.1) is 0 Å². The first-order chi connectivity index (χ1) is 6.60. The number of carbonyl (C=O) groups excluding carboxylic acids is 2. The van der Waals surface area contributed by atoms with Crippen molar-refractivity contribution >= 4 is 11.9 Å². The van der Waals surface area contributed by atoms with Crippen LogP contribution in [-0.4, -0.2) is 19.0 Å². The number of methoxy groups -OCH3 is 1. The van der Waals surface area contributed by atoms with Gasteiger partial charge < -0.3 is 10.1 Å². The predicted octanol–water partition coefficient (Wildman–Crippen LogP) is 0.0931. The van der Waals surface area contributed by atoms with E-state index < -0.39 is 11.9 Å². The Morgan fingerprint density at radius 2 is 2.36 bits per heavy atom. The average Bonchev–Trinajstić information content (AvgIpc) is 2.17. The number of nitrogens with zero attached hydrogens (tertiary/aromatic N) is 1. The SMILES string of the molecule is COC(=O)C1=C(C)NC(=O)C(C#N)C1. The molecular formula is C9H10N2O3. The molecule has 0 aromatic heterocycles. The van der Waals surface area contributed by atoms with Gasteiger partial charge in [0, 0.05) is 12.1 Å². The molecule has 0 aromatic rings. The fourth-order valence-corrected chi connectivity index (χ4v) is 1.26. The largest absolute Gasteiger partial charge is 0.466 e. The van der Waals surface area contributed by atoms with E-state index in [-0.39, 0.29) is 12.3 Å².